The summed E-state index contributed by atoms with van der Waals surface area (Å²) in [4.78, 5) is 14.0. The van der Waals surface area contributed by atoms with E-state index in [-0.39, 0.29) is 11.9 Å². The summed E-state index contributed by atoms with van der Waals surface area (Å²) in [5, 5.41) is 0. The van der Waals surface area contributed by atoms with Gasteiger partial charge in [-0.2, -0.15) is 0 Å². The first-order chi connectivity index (χ1) is 7.87. The third kappa shape index (κ3) is 3.68. The Balaban J connectivity index is 2.42. The van der Waals surface area contributed by atoms with Crippen molar-refractivity contribution < 1.29 is 4.79 Å². The van der Waals surface area contributed by atoms with Gasteiger partial charge in [-0.3, -0.25) is 4.79 Å². The van der Waals surface area contributed by atoms with Crippen LogP contribution in [0.4, 0.5) is 0 Å². The zero-order chi connectivity index (χ0) is 13.1. The summed E-state index contributed by atoms with van der Waals surface area (Å²) in [6.45, 7) is 4.92. The fourth-order valence-electron chi connectivity index (χ4n) is 2.38. The van der Waals surface area contributed by atoms with Crippen LogP contribution in [0.25, 0.3) is 0 Å². The standard InChI is InChI=1S/C13H27N3O/c1-10(2)11(14)6-9-16(3)12(17)13(15)7-4-5-8-13/h10-11H,4-9,14-15H2,1-3H3. The average Bonchev–Trinajstić information content (AvgIpc) is 2.72. The molecule has 0 aromatic carbocycles. The number of carbonyl (C=O) groups excluding carboxylic acids is 1. The van der Waals surface area contributed by atoms with Crippen LogP contribution in [-0.4, -0.2) is 36.0 Å². The van der Waals surface area contributed by atoms with Crippen molar-refractivity contribution in [3.63, 3.8) is 0 Å². The highest BCUT2D eigenvalue weighted by molar-refractivity contribution is 5.86. The van der Waals surface area contributed by atoms with Crippen LogP contribution >= 0.6 is 0 Å². The normalized spacial score (nSPS) is 20.6. The Labute approximate surface area is 105 Å². The molecule has 0 spiro atoms. The molecule has 0 aromatic rings. The van der Waals surface area contributed by atoms with E-state index in [1.807, 2.05) is 7.05 Å². The van der Waals surface area contributed by atoms with Crippen molar-refractivity contribution in [1.82, 2.24) is 4.90 Å². The summed E-state index contributed by atoms with van der Waals surface area (Å²) in [6.07, 6.45) is 4.64. The molecule has 0 heterocycles. The molecule has 1 saturated carbocycles. The Morgan fingerprint density at radius 2 is 1.88 bits per heavy atom. The maximum Gasteiger partial charge on any atom is 0.242 e. The van der Waals surface area contributed by atoms with Gasteiger partial charge in [-0.15, -0.1) is 0 Å². The Morgan fingerprint density at radius 3 is 2.35 bits per heavy atom. The van der Waals surface area contributed by atoms with Crippen molar-refractivity contribution in [2.75, 3.05) is 13.6 Å². The van der Waals surface area contributed by atoms with Crippen molar-refractivity contribution in [3.8, 4) is 0 Å². The Morgan fingerprint density at radius 1 is 1.35 bits per heavy atom. The molecule has 0 radical (unpaired) electrons. The smallest absolute Gasteiger partial charge is 0.242 e. The third-order valence-corrected chi connectivity index (χ3v) is 3.92. The van der Waals surface area contributed by atoms with Crippen molar-refractivity contribution in [2.24, 2.45) is 17.4 Å². The van der Waals surface area contributed by atoms with E-state index in [1.54, 1.807) is 4.90 Å². The molecule has 4 heteroatoms. The number of nitrogens with zero attached hydrogens (tertiary/aromatic N) is 1. The lowest BCUT2D eigenvalue weighted by Gasteiger charge is -2.29. The molecule has 4 N–H and O–H groups in total. The molecule has 1 amide bonds. The zero-order valence-corrected chi connectivity index (χ0v) is 11.4. The zero-order valence-electron chi connectivity index (χ0n) is 11.4. The second-order valence-corrected chi connectivity index (χ2v) is 5.79. The van der Waals surface area contributed by atoms with Gasteiger partial charge in [-0.05, 0) is 25.2 Å². The van der Waals surface area contributed by atoms with E-state index in [0.717, 1.165) is 32.1 Å². The summed E-state index contributed by atoms with van der Waals surface area (Å²) in [5.41, 5.74) is 11.5. The molecule has 0 aliphatic heterocycles. The van der Waals surface area contributed by atoms with Gasteiger partial charge in [0, 0.05) is 19.6 Å². The van der Waals surface area contributed by atoms with Crippen LogP contribution in [0.2, 0.25) is 0 Å². The minimum atomic E-state index is -0.601. The maximum absolute atomic E-state index is 12.2. The summed E-state index contributed by atoms with van der Waals surface area (Å²) in [6, 6.07) is 0.155. The number of hydrogen-bond donors (Lipinski definition) is 2. The van der Waals surface area contributed by atoms with E-state index in [0.29, 0.717) is 12.5 Å². The van der Waals surface area contributed by atoms with Gasteiger partial charge in [0.1, 0.15) is 0 Å². The second-order valence-electron chi connectivity index (χ2n) is 5.79. The molecular weight excluding hydrogens is 214 g/mol. The second kappa shape index (κ2) is 5.83. The SMILES string of the molecule is CC(C)C(N)CCN(C)C(=O)C1(N)CCCC1. The van der Waals surface area contributed by atoms with Crippen molar-refractivity contribution in [1.29, 1.82) is 0 Å². The Bertz CT molecular complexity index is 259. The molecule has 1 atom stereocenters. The van der Waals surface area contributed by atoms with Crippen LogP contribution in [-0.2, 0) is 4.79 Å². The van der Waals surface area contributed by atoms with Gasteiger partial charge in [0.25, 0.3) is 0 Å². The molecule has 0 aromatic heterocycles. The minimum Gasteiger partial charge on any atom is -0.344 e. The molecule has 1 aliphatic rings. The lowest BCUT2D eigenvalue weighted by atomic mass is 9.96. The van der Waals surface area contributed by atoms with Crippen LogP contribution in [0.5, 0.6) is 0 Å². The van der Waals surface area contributed by atoms with Crippen molar-refractivity contribution in [3.05, 3.63) is 0 Å². The van der Waals surface area contributed by atoms with Crippen LogP contribution in [0.15, 0.2) is 0 Å². The monoisotopic (exact) mass is 241 g/mol. The van der Waals surface area contributed by atoms with E-state index < -0.39 is 5.54 Å². The number of carbonyl (C=O) groups is 1. The van der Waals surface area contributed by atoms with Crippen molar-refractivity contribution >= 4 is 5.91 Å². The van der Waals surface area contributed by atoms with Crippen LogP contribution in [0.1, 0.15) is 46.0 Å². The summed E-state index contributed by atoms with van der Waals surface area (Å²) < 4.78 is 0. The predicted octanol–water partition coefficient (Wildman–Crippen LogP) is 1.09. The number of amides is 1. The number of nitrogens with two attached hydrogens (primary N) is 2. The van der Waals surface area contributed by atoms with Gasteiger partial charge in [-0.1, -0.05) is 26.7 Å². The lowest BCUT2D eigenvalue weighted by Crippen LogP contribution is -2.53. The topological polar surface area (TPSA) is 72.3 Å². The highest BCUT2D eigenvalue weighted by atomic mass is 16.2. The van der Waals surface area contributed by atoms with E-state index in [9.17, 15) is 4.79 Å². The molecule has 17 heavy (non-hydrogen) atoms. The third-order valence-electron chi connectivity index (χ3n) is 3.92. The van der Waals surface area contributed by atoms with Crippen LogP contribution in [0, 0.1) is 5.92 Å². The van der Waals surface area contributed by atoms with E-state index in [1.165, 1.54) is 0 Å². The summed E-state index contributed by atoms with van der Waals surface area (Å²) in [5.74, 6) is 0.544. The fourth-order valence-corrected chi connectivity index (χ4v) is 2.38. The molecule has 1 rings (SSSR count). The largest absolute Gasteiger partial charge is 0.344 e. The summed E-state index contributed by atoms with van der Waals surface area (Å²) >= 11 is 0. The molecule has 4 nitrogen and oxygen atoms in total. The van der Waals surface area contributed by atoms with Gasteiger partial charge in [0.15, 0.2) is 0 Å². The number of rotatable bonds is 5. The van der Waals surface area contributed by atoms with Gasteiger partial charge in [-0.25, -0.2) is 0 Å². The number of hydrogen-bond acceptors (Lipinski definition) is 3. The Kier molecular flexibility index (Phi) is 4.95. The van der Waals surface area contributed by atoms with Crippen LogP contribution in [0.3, 0.4) is 0 Å². The summed E-state index contributed by atoms with van der Waals surface area (Å²) in [7, 11) is 1.84. The first-order valence-electron chi connectivity index (χ1n) is 6.67. The average molecular weight is 241 g/mol. The van der Waals surface area contributed by atoms with E-state index in [4.69, 9.17) is 11.5 Å². The Hall–Kier alpha value is -0.610. The quantitative estimate of drug-likeness (QED) is 0.757. The first kappa shape index (κ1) is 14.5. The minimum absolute atomic E-state index is 0.0888. The molecule has 1 aliphatic carbocycles. The predicted molar refractivity (Wildman–Crippen MR) is 70.5 cm³/mol. The molecule has 100 valence electrons. The molecule has 1 unspecified atom stereocenters. The number of likely N-dealkylation sites (N-methyl/N-ethyl adjacent to an activating group) is 1. The van der Waals surface area contributed by atoms with Crippen molar-refractivity contribution in [2.45, 2.75) is 57.5 Å². The maximum atomic E-state index is 12.2. The van der Waals surface area contributed by atoms with Crippen LogP contribution < -0.4 is 11.5 Å². The van der Waals surface area contributed by atoms with E-state index >= 15 is 0 Å². The highest BCUT2D eigenvalue weighted by Crippen LogP contribution is 2.28. The highest BCUT2D eigenvalue weighted by Gasteiger charge is 2.38. The van der Waals surface area contributed by atoms with Gasteiger partial charge in [0.2, 0.25) is 5.91 Å². The molecule has 1 fully saturated rings. The van der Waals surface area contributed by atoms with Gasteiger partial charge in [0.05, 0.1) is 5.54 Å². The molecule has 0 saturated heterocycles. The molecular formula is C13H27N3O. The molecule has 0 bridgehead atoms. The first-order valence-corrected chi connectivity index (χ1v) is 6.67. The fraction of sp³-hybridized carbons (Fsp3) is 0.923. The van der Waals surface area contributed by atoms with Gasteiger partial charge < -0.3 is 16.4 Å². The van der Waals surface area contributed by atoms with E-state index in [2.05, 4.69) is 13.8 Å². The lowest BCUT2D eigenvalue weighted by molar-refractivity contribution is -0.135. The van der Waals surface area contributed by atoms with Gasteiger partial charge >= 0.3 is 0 Å².